The predicted molar refractivity (Wildman–Crippen MR) is 107 cm³/mol. The Hall–Kier alpha value is -3.60. The van der Waals surface area contributed by atoms with E-state index in [-0.39, 0.29) is 29.8 Å². The number of nitrogens with one attached hydrogen (secondary N) is 1. The summed E-state index contributed by atoms with van der Waals surface area (Å²) in [4.78, 5) is 45.0. The molecule has 0 aliphatic rings. The number of aryl methyl sites for hydroxylation is 2. The number of hydrogen-bond acceptors (Lipinski definition) is 8. The number of anilines is 1. The summed E-state index contributed by atoms with van der Waals surface area (Å²) in [5, 5.41) is 10.7. The molecule has 0 fully saturated rings. The molecule has 0 saturated heterocycles. The zero-order chi connectivity index (χ0) is 20.5. The molecule has 0 aliphatic heterocycles. The van der Waals surface area contributed by atoms with Crippen molar-refractivity contribution in [2.45, 2.75) is 12.8 Å². The van der Waals surface area contributed by atoms with Crippen molar-refractivity contribution in [2.24, 2.45) is 14.1 Å². The smallest absolute Gasteiger partial charge is 0.332 e. The number of hydrogen-bond donors (Lipinski definition) is 1. The van der Waals surface area contributed by atoms with Crippen LogP contribution in [0, 0.1) is 0 Å². The first-order valence-corrected chi connectivity index (χ1v) is 9.59. The first-order chi connectivity index (χ1) is 13.9. The average molecular weight is 412 g/mol. The molecule has 0 unspecified atom stereocenters. The van der Waals surface area contributed by atoms with Gasteiger partial charge in [0.15, 0.2) is 0 Å². The minimum absolute atomic E-state index is 0.120. The van der Waals surface area contributed by atoms with Gasteiger partial charge < -0.3 is 9.84 Å². The summed E-state index contributed by atoms with van der Waals surface area (Å²) in [7, 11) is 2.92. The normalized spacial score (nSPS) is 11.1. The molecule has 4 aromatic rings. The van der Waals surface area contributed by atoms with Gasteiger partial charge >= 0.3 is 5.69 Å². The SMILES string of the molecule is Cn1c(=O)c2cc(NC(=O)CCc3nc(-c4ccsc4)no3)cnc2n(C)c1=O. The van der Waals surface area contributed by atoms with Gasteiger partial charge in [0.2, 0.25) is 17.6 Å². The molecule has 148 valence electrons. The lowest BCUT2D eigenvalue weighted by atomic mass is 10.2. The molecule has 1 amide bonds. The second kappa shape index (κ2) is 7.43. The molecule has 0 saturated carbocycles. The molecule has 10 nitrogen and oxygen atoms in total. The van der Waals surface area contributed by atoms with E-state index in [0.717, 1.165) is 10.1 Å². The van der Waals surface area contributed by atoms with E-state index in [1.807, 2.05) is 16.8 Å². The van der Waals surface area contributed by atoms with E-state index >= 15 is 0 Å². The number of aromatic nitrogens is 5. The third-order valence-corrected chi connectivity index (χ3v) is 5.07. The average Bonchev–Trinajstić information content (AvgIpc) is 3.40. The van der Waals surface area contributed by atoms with Gasteiger partial charge in [-0.1, -0.05) is 5.16 Å². The highest BCUT2D eigenvalue weighted by molar-refractivity contribution is 7.08. The molecule has 4 heterocycles. The van der Waals surface area contributed by atoms with Crippen LogP contribution in [0.25, 0.3) is 22.4 Å². The van der Waals surface area contributed by atoms with Gasteiger partial charge in [0.05, 0.1) is 17.3 Å². The number of rotatable bonds is 5. The maximum absolute atomic E-state index is 12.3. The van der Waals surface area contributed by atoms with Crippen LogP contribution in [-0.2, 0) is 25.3 Å². The highest BCUT2D eigenvalue weighted by atomic mass is 32.1. The molecule has 0 spiro atoms. The van der Waals surface area contributed by atoms with E-state index in [9.17, 15) is 14.4 Å². The van der Waals surface area contributed by atoms with Gasteiger partial charge in [-0.05, 0) is 17.5 Å². The third-order valence-electron chi connectivity index (χ3n) is 4.39. The number of carbonyl (C=O) groups excluding carboxylic acids is 1. The largest absolute Gasteiger partial charge is 0.339 e. The van der Waals surface area contributed by atoms with E-state index in [4.69, 9.17) is 4.52 Å². The Morgan fingerprint density at radius 1 is 1.28 bits per heavy atom. The number of fused-ring (bicyclic) bond motifs is 1. The van der Waals surface area contributed by atoms with Crippen LogP contribution in [0.5, 0.6) is 0 Å². The summed E-state index contributed by atoms with van der Waals surface area (Å²) in [6, 6.07) is 3.39. The standard InChI is InChI=1S/C18H16N6O4S/c1-23-16-12(17(26)24(2)18(23)27)7-11(8-19-16)20-13(25)3-4-14-21-15(22-28-14)10-5-6-29-9-10/h5-9H,3-4H2,1-2H3,(H,20,25). The van der Waals surface area contributed by atoms with E-state index in [2.05, 4.69) is 20.4 Å². The Balaban J connectivity index is 1.47. The van der Waals surface area contributed by atoms with Crippen molar-refractivity contribution in [2.75, 3.05) is 5.32 Å². The topological polar surface area (TPSA) is 125 Å². The van der Waals surface area contributed by atoms with E-state index < -0.39 is 11.2 Å². The number of pyridine rings is 1. The van der Waals surface area contributed by atoms with Crippen molar-refractivity contribution < 1.29 is 9.32 Å². The van der Waals surface area contributed by atoms with Crippen LogP contribution < -0.4 is 16.6 Å². The molecule has 4 rings (SSSR count). The molecule has 4 aromatic heterocycles. The highest BCUT2D eigenvalue weighted by Gasteiger charge is 2.13. The number of amides is 1. The lowest BCUT2D eigenvalue weighted by Crippen LogP contribution is -2.37. The molecule has 0 bridgehead atoms. The maximum atomic E-state index is 12.3. The van der Waals surface area contributed by atoms with Gasteiger partial charge in [-0.15, -0.1) is 0 Å². The maximum Gasteiger partial charge on any atom is 0.332 e. The van der Waals surface area contributed by atoms with E-state index in [0.29, 0.717) is 17.4 Å². The van der Waals surface area contributed by atoms with Gasteiger partial charge in [-0.25, -0.2) is 9.78 Å². The van der Waals surface area contributed by atoms with Gasteiger partial charge in [-0.2, -0.15) is 16.3 Å². The van der Waals surface area contributed by atoms with E-state index in [1.54, 1.807) is 0 Å². The Morgan fingerprint density at radius 2 is 2.10 bits per heavy atom. The zero-order valence-electron chi connectivity index (χ0n) is 15.6. The van der Waals surface area contributed by atoms with Gasteiger partial charge in [-0.3, -0.25) is 18.7 Å². The van der Waals surface area contributed by atoms with Crippen molar-refractivity contribution in [3.63, 3.8) is 0 Å². The van der Waals surface area contributed by atoms with Crippen LogP contribution in [0.2, 0.25) is 0 Å². The Labute approximate surface area is 167 Å². The fraction of sp³-hybridized carbons (Fsp3) is 0.222. The highest BCUT2D eigenvalue weighted by Crippen LogP contribution is 2.19. The lowest BCUT2D eigenvalue weighted by molar-refractivity contribution is -0.116. The molecule has 0 aromatic carbocycles. The van der Waals surface area contributed by atoms with Crippen molar-refractivity contribution in [3.8, 4) is 11.4 Å². The minimum atomic E-state index is -0.474. The summed E-state index contributed by atoms with van der Waals surface area (Å²) in [6.45, 7) is 0. The van der Waals surface area contributed by atoms with Crippen LogP contribution >= 0.6 is 11.3 Å². The van der Waals surface area contributed by atoms with Gasteiger partial charge in [0.1, 0.15) is 5.65 Å². The fourth-order valence-electron chi connectivity index (χ4n) is 2.84. The second-order valence-electron chi connectivity index (χ2n) is 6.37. The van der Waals surface area contributed by atoms with E-state index in [1.165, 1.54) is 42.3 Å². The monoisotopic (exact) mass is 412 g/mol. The summed E-state index contributed by atoms with van der Waals surface area (Å²) in [5.41, 5.74) is 0.546. The first-order valence-electron chi connectivity index (χ1n) is 8.65. The first kappa shape index (κ1) is 18.7. The van der Waals surface area contributed by atoms with Crippen molar-refractivity contribution in [1.29, 1.82) is 0 Å². The van der Waals surface area contributed by atoms with Gasteiger partial charge in [0, 0.05) is 37.9 Å². The molecule has 11 heteroatoms. The van der Waals surface area contributed by atoms with Crippen LogP contribution in [0.4, 0.5) is 5.69 Å². The summed E-state index contributed by atoms with van der Waals surface area (Å²) >= 11 is 1.53. The zero-order valence-corrected chi connectivity index (χ0v) is 16.4. The number of nitrogens with zero attached hydrogens (tertiary/aromatic N) is 5. The summed E-state index contributed by atoms with van der Waals surface area (Å²) < 4.78 is 7.45. The summed E-state index contributed by atoms with van der Waals surface area (Å²) in [5.74, 6) is 0.562. The van der Waals surface area contributed by atoms with Crippen LogP contribution in [0.15, 0.2) is 43.2 Å². The van der Waals surface area contributed by atoms with Crippen LogP contribution in [0.3, 0.4) is 0 Å². The molecular formula is C18H16N6O4S. The van der Waals surface area contributed by atoms with Crippen molar-refractivity contribution in [3.05, 3.63) is 55.8 Å². The van der Waals surface area contributed by atoms with Gasteiger partial charge in [0.25, 0.3) is 5.56 Å². The predicted octanol–water partition coefficient (Wildman–Crippen LogP) is 1.31. The number of thiophene rings is 1. The Bertz CT molecular complexity index is 1320. The van der Waals surface area contributed by atoms with Crippen LogP contribution in [0.1, 0.15) is 12.3 Å². The van der Waals surface area contributed by atoms with Crippen LogP contribution in [-0.4, -0.2) is 30.2 Å². The van der Waals surface area contributed by atoms with Crippen molar-refractivity contribution >= 4 is 34.0 Å². The minimum Gasteiger partial charge on any atom is -0.339 e. The Morgan fingerprint density at radius 3 is 2.86 bits per heavy atom. The molecule has 29 heavy (non-hydrogen) atoms. The lowest BCUT2D eigenvalue weighted by Gasteiger charge is -2.08. The fourth-order valence-corrected chi connectivity index (χ4v) is 3.48. The molecule has 0 aliphatic carbocycles. The summed E-state index contributed by atoms with van der Waals surface area (Å²) in [6.07, 6.45) is 1.80. The molecule has 1 N–H and O–H groups in total. The number of carbonyl (C=O) groups is 1. The Kier molecular flexibility index (Phi) is 4.80. The second-order valence-corrected chi connectivity index (χ2v) is 7.15. The quantitative estimate of drug-likeness (QED) is 0.524. The third kappa shape index (κ3) is 3.59. The van der Waals surface area contributed by atoms with Crippen molar-refractivity contribution in [1.82, 2.24) is 24.3 Å². The molecule has 0 atom stereocenters. The molecule has 0 radical (unpaired) electrons. The molecular weight excluding hydrogens is 396 g/mol.